The molecule has 0 saturated carbocycles. The van der Waals surface area contributed by atoms with Crippen molar-refractivity contribution in [2.75, 3.05) is 5.48 Å². The zero-order chi connectivity index (χ0) is 15.9. The van der Waals surface area contributed by atoms with Gasteiger partial charge < -0.3 is 9.57 Å². The largest absolute Gasteiger partial charge is 0.459 e. The van der Waals surface area contributed by atoms with Crippen molar-refractivity contribution in [2.45, 2.75) is 20.0 Å². The van der Waals surface area contributed by atoms with Crippen LogP contribution < -0.4 is 5.48 Å². The predicted octanol–water partition coefficient (Wildman–Crippen LogP) is 2.83. The first-order valence-electron chi connectivity index (χ1n) is 6.74. The maximum Gasteiger partial charge on any atom is 0.364 e. The van der Waals surface area contributed by atoms with Gasteiger partial charge >= 0.3 is 11.9 Å². The van der Waals surface area contributed by atoms with Crippen molar-refractivity contribution in [1.82, 2.24) is 4.98 Å². The number of carbonyl (C=O) groups is 2. The monoisotopic (exact) mass is 300 g/mol. The molecule has 2 aromatic rings. The Morgan fingerprint density at radius 3 is 2.55 bits per heavy atom. The Labute approximate surface area is 128 Å². The molecule has 2 rings (SSSR count). The second kappa shape index (κ2) is 7.21. The molecule has 1 aromatic heterocycles. The lowest BCUT2D eigenvalue weighted by atomic mass is 10.2. The van der Waals surface area contributed by atoms with E-state index < -0.39 is 11.9 Å². The van der Waals surface area contributed by atoms with Gasteiger partial charge in [-0.05, 0) is 44.2 Å². The fraction of sp³-hybridized carbons (Fsp3) is 0.188. The molecule has 0 amide bonds. The number of hydrogen-bond donors (Lipinski definition) is 1. The number of nitrogens with zero attached hydrogens (tertiary/aromatic N) is 1. The van der Waals surface area contributed by atoms with Crippen LogP contribution in [0.15, 0.2) is 48.8 Å². The first-order chi connectivity index (χ1) is 10.6. The van der Waals surface area contributed by atoms with Crippen LogP contribution in [-0.4, -0.2) is 23.0 Å². The Balaban J connectivity index is 1.99. The number of hydrogen-bond acceptors (Lipinski definition) is 6. The van der Waals surface area contributed by atoms with Gasteiger partial charge in [-0.3, -0.25) is 4.98 Å². The number of carbonyl (C=O) groups excluding carboxylic acids is 2. The van der Waals surface area contributed by atoms with E-state index in [9.17, 15) is 9.59 Å². The van der Waals surface area contributed by atoms with Crippen molar-refractivity contribution in [1.29, 1.82) is 0 Å². The summed E-state index contributed by atoms with van der Waals surface area (Å²) in [5.41, 5.74) is 3.67. The molecule has 0 spiro atoms. The quantitative estimate of drug-likeness (QED) is 0.676. The molecule has 0 radical (unpaired) electrons. The highest BCUT2D eigenvalue weighted by Crippen LogP contribution is 2.13. The zero-order valence-electron chi connectivity index (χ0n) is 12.3. The van der Waals surface area contributed by atoms with Gasteiger partial charge in [0.2, 0.25) is 0 Å². The van der Waals surface area contributed by atoms with E-state index in [0.717, 1.165) is 0 Å². The number of ether oxygens (including phenoxy) is 1. The second-order valence-electron chi connectivity index (χ2n) is 4.77. The Morgan fingerprint density at radius 2 is 1.86 bits per heavy atom. The molecule has 1 N–H and O–H groups in total. The van der Waals surface area contributed by atoms with Crippen LogP contribution in [0.5, 0.6) is 0 Å². The number of nitrogens with one attached hydrogen (secondary N) is 1. The fourth-order valence-corrected chi connectivity index (χ4v) is 1.64. The molecule has 0 bridgehead atoms. The highest BCUT2D eigenvalue weighted by molar-refractivity contribution is 5.91. The summed E-state index contributed by atoms with van der Waals surface area (Å²) >= 11 is 0. The maximum absolute atomic E-state index is 11.8. The Morgan fingerprint density at radius 1 is 1.09 bits per heavy atom. The topological polar surface area (TPSA) is 77.5 Å². The van der Waals surface area contributed by atoms with Gasteiger partial charge in [0.1, 0.15) is 0 Å². The summed E-state index contributed by atoms with van der Waals surface area (Å²) in [5, 5.41) is 0. The molecule has 0 saturated heterocycles. The lowest BCUT2D eigenvalue weighted by Gasteiger charge is -2.10. The van der Waals surface area contributed by atoms with Gasteiger partial charge in [-0.15, -0.1) is 0 Å². The van der Waals surface area contributed by atoms with E-state index in [1.807, 2.05) is 0 Å². The molecule has 0 aliphatic heterocycles. The van der Waals surface area contributed by atoms with Crippen molar-refractivity contribution in [3.05, 3.63) is 59.9 Å². The van der Waals surface area contributed by atoms with Crippen molar-refractivity contribution < 1.29 is 19.2 Å². The summed E-state index contributed by atoms with van der Waals surface area (Å²) in [5.74, 6) is -1.000. The highest BCUT2D eigenvalue weighted by Gasteiger charge is 2.11. The highest BCUT2D eigenvalue weighted by atomic mass is 16.7. The van der Waals surface area contributed by atoms with Gasteiger partial charge in [0.25, 0.3) is 0 Å². The predicted molar refractivity (Wildman–Crippen MR) is 80.3 cm³/mol. The van der Waals surface area contributed by atoms with E-state index in [0.29, 0.717) is 16.8 Å². The van der Waals surface area contributed by atoms with E-state index in [2.05, 4.69) is 10.5 Å². The summed E-state index contributed by atoms with van der Waals surface area (Å²) in [6.07, 6.45) is 2.77. The SMILES string of the molecule is CC(C)OC(=O)c1cccc(NOC(=O)c2cccnc2)c1. The lowest BCUT2D eigenvalue weighted by Crippen LogP contribution is -2.13. The molecule has 0 fully saturated rings. The Hall–Kier alpha value is -2.89. The molecule has 114 valence electrons. The van der Waals surface area contributed by atoms with Crippen LogP contribution in [0.4, 0.5) is 5.69 Å². The molecular weight excluding hydrogens is 284 g/mol. The fourth-order valence-electron chi connectivity index (χ4n) is 1.64. The molecule has 0 unspecified atom stereocenters. The van der Waals surface area contributed by atoms with Gasteiger partial charge in [0, 0.05) is 12.4 Å². The number of anilines is 1. The number of rotatable bonds is 5. The number of pyridine rings is 1. The first-order valence-corrected chi connectivity index (χ1v) is 6.74. The van der Waals surface area contributed by atoms with Crippen molar-refractivity contribution in [2.24, 2.45) is 0 Å². The van der Waals surface area contributed by atoms with Crippen molar-refractivity contribution in [3.63, 3.8) is 0 Å². The van der Waals surface area contributed by atoms with Gasteiger partial charge in [0.05, 0.1) is 22.9 Å². The van der Waals surface area contributed by atoms with E-state index in [4.69, 9.17) is 9.57 Å². The van der Waals surface area contributed by atoms with Gasteiger partial charge in [-0.1, -0.05) is 6.07 Å². The zero-order valence-corrected chi connectivity index (χ0v) is 12.3. The van der Waals surface area contributed by atoms with Crippen LogP contribution in [-0.2, 0) is 9.57 Å². The number of benzene rings is 1. The van der Waals surface area contributed by atoms with E-state index in [1.165, 1.54) is 6.20 Å². The molecule has 6 heteroatoms. The number of esters is 1. The maximum atomic E-state index is 11.8. The summed E-state index contributed by atoms with van der Waals surface area (Å²) in [6, 6.07) is 9.73. The van der Waals surface area contributed by atoms with Crippen LogP contribution >= 0.6 is 0 Å². The van der Waals surface area contributed by atoms with Crippen LogP contribution in [0.3, 0.4) is 0 Å². The molecule has 6 nitrogen and oxygen atoms in total. The van der Waals surface area contributed by atoms with Crippen LogP contribution in [0, 0.1) is 0 Å². The van der Waals surface area contributed by atoms with Crippen molar-refractivity contribution >= 4 is 17.6 Å². The standard InChI is InChI=1S/C16H16N2O4/c1-11(2)21-15(19)12-5-3-7-14(9-12)18-22-16(20)13-6-4-8-17-10-13/h3-11,18H,1-2H3. The summed E-state index contributed by atoms with van der Waals surface area (Å²) < 4.78 is 5.10. The van der Waals surface area contributed by atoms with Crippen LogP contribution in [0.2, 0.25) is 0 Å². The van der Waals surface area contributed by atoms with E-state index in [-0.39, 0.29) is 6.10 Å². The second-order valence-corrected chi connectivity index (χ2v) is 4.77. The van der Waals surface area contributed by atoms with Crippen LogP contribution in [0.25, 0.3) is 0 Å². The normalized spacial score (nSPS) is 10.1. The first kappa shape index (κ1) is 15.5. The Bertz CT molecular complexity index is 656. The smallest absolute Gasteiger partial charge is 0.364 e. The third-order valence-corrected chi connectivity index (χ3v) is 2.60. The molecule has 1 heterocycles. The van der Waals surface area contributed by atoms with Gasteiger partial charge in [-0.2, -0.15) is 0 Å². The third kappa shape index (κ3) is 4.31. The third-order valence-electron chi connectivity index (χ3n) is 2.60. The lowest BCUT2D eigenvalue weighted by molar-refractivity contribution is 0.0378. The summed E-state index contributed by atoms with van der Waals surface area (Å²) in [4.78, 5) is 32.4. The Kier molecular flexibility index (Phi) is 5.08. The van der Waals surface area contributed by atoms with Crippen molar-refractivity contribution in [3.8, 4) is 0 Å². The summed E-state index contributed by atoms with van der Waals surface area (Å²) in [6.45, 7) is 3.55. The minimum Gasteiger partial charge on any atom is -0.459 e. The minimum absolute atomic E-state index is 0.201. The molecular formula is C16H16N2O4. The average Bonchev–Trinajstić information content (AvgIpc) is 2.53. The van der Waals surface area contributed by atoms with Gasteiger partial charge in [0.15, 0.2) is 0 Å². The molecule has 1 aromatic carbocycles. The average molecular weight is 300 g/mol. The molecule has 0 atom stereocenters. The van der Waals surface area contributed by atoms with E-state index >= 15 is 0 Å². The van der Waals surface area contributed by atoms with E-state index in [1.54, 1.807) is 56.4 Å². The summed E-state index contributed by atoms with van der Waals surface area (Å²) in [7, 11) is 0. The number of aromatic nitrogens is 1. The molecule has 0 aliphatic rings. The molecule has 22 heavy (non-hydrogen) atoms. The minimum atomic E-state index is -0.566. The van der Waals surface area contributed by atoms with Crippen LogP contribution in [0.1, 0.15) is 34.6 Å². The molecule has 0 aliphatic carbocycles. The van der Waals surface area contributed by atoms with Gasteiger partial charge in [-0.25, -0.2) is 15.1 Å².